The van der Waals surface area contributed by atoms with Gasteiger partial charge in [0, 0.05) is 37.3 Å². The topological polar surface area (TPSA) is 86.3 Å². The van der Waals surface area contributed by atoms with Crippen LogP contribution in [0.5, 0.6) is 0 Å². The molecule has 3 aromatic rings. The van der Waals surface area contributed by atoms with Gasteiger partial charge < -0.3 is 14.2 Å². The molecule has 0 bridgehead atoms. The van der Waals surface area contributed by atoms with Crippen LogP contribution in [-0.4, -0.2) is 46.5 Å². The second-order valence-electron chi connectivity index (χ2n) is 9.71. The molecule has 3 aliphatic rings. The van der Waals surface area contributed by atoms with E-state index in [1.165, 1.54) is 6.26 Å². The van der Waals surface area contributed by atoms with Gasteiger partial charge in [-0.05, 0) is 67.5 Å². The molecule has 0 N–H and O–H groups in total. The number of anilines is 1. The van der Waals surface area contributed by atoms with Gasteiger partial charge in [0.1, 0.15) is 18.2 Å². The molecule has 0 radical (unpaired) electrons. The van der Waals surface area contributed by atoms with Crippen LogP contribution in [0.25, 0.3) is 17.2 Å². The van der Waals surface area contributed by atoms with Crippen molar-refractivity contribution in [2.45, 2.75) is 37.6 Å². The molecule has 7 nitrogen and oxygen atoms in total. The molecule has 0 spiro atoms. The van der Waals surface area contributed by atoms with Crippen molar-refractivity contribution < 1.29 is 9.21 Å². The predicted molar refractivity (Wildman–Crippen MR) is 133 cm³/mol. The first-order chi connectivity index (χ1) is 17.2. The number of amides is 1. The largest absolute Gasteiger partial charge is 0.472 e. The van der Waals surface area contributed by atoms with E-state index >= 15 is 0 Å². The lowest BCUT2D eigenvalue weighted by Crippen LogP contribution is -2.56. The molecule has 0 aromatic carbocycles. The Labute approximate surface area is 204 Å². The van der Waals surface area contributed by atoms with E-state index in [-0.39, 0.29) is 11.9 Å². The zero-order chi connectivity index (χ0) is 23.9. The molecule has 35 heavy (non-hydrogen) atoms. The summed E-state index contributed by atoms with van der Waals surface area (Å²) in [6, 6.07) is 10.2. The van der Waals surface area contributed by atoms with Crippen molar-refractivity contribution in [3.8, 4) is 17.2 Å². The molecule has 3 fully saturated rings. The first-order valence-corrected chi connectivity index (χ1v) is 12.3. The molecule has 176 valence electrons. The normalized spacial score (nSPS) is 19.9. The maximum Gasteiger partial charge on any atom is 0.257 e. The van der Waals surface area contributed by atoms with Crippen LogP contribution < -0.4 is 4.90 Å². The Kier molecular flexibility index (Phi) is 5.37. The van der Waals surface area contributed by atoms with Gasteiger partial charge in [-0.3, -0.25) is 9.78 Å². The molecule has 1 atom stereocenters. The minimum Gasteiger partial charge on any atom is -0.472 e. The van der Waals surface area contributed by atoms with E-state index in [1.807, 2.05) is 23.1 Å². The van der Waals surface area contributed by atoms with Gasteiger partial charge in [0.25, 0.3) is 5.91 Å². The Hall–Kier alpha value is -3.92. The smallest absolute Gasteiger partial charge is 0.257 e. The third kappa shape index (κ3) is 4.10. The van der Waals surface area contributed by atoms with Crippen molar-refractivity contribution in [1.29, 1.82) is 5.26 Å². The maximum absolute atomic E-state index is 13.1. The summed E-state index contributed by atoms with van der Waals surface area (Å²) >= 11 is 0. The quantitative estimate of drug-likeness (QED) is 0.516. The number of hydrogen-bond acceptors (Lipinski definition) is 6. The molecule has 1 saturated heterocycles. The Morgan fingerprint density at radius 3 is 2.74 bits per heavy atom. The number of nitrogens with zero attached hydrogens (tertiary/aromatic N) is 5. The van der Waals surface area contributed by atoms with E-state index < -0.39 is 0 Å². The summed E-state index contributed by atoms with van der Waals surface area (Å²) in [6.07, 6.45) is 11.1. The third-order valence-corrected chi connectivity index (χ3v) is 7.33. The van der Waals surface area contributed by atoms with Gasteiger partial charge in [-0.1, -0.05) is 6.58 Å². The van der Waals surface area contributed by atoms with E-state index in [1.54, 1.807) is 24.6 Å². The van der Waals surface area contributed by atoms with Gasteiger partial charge >= 0.3 is 0 Å². The van der Waals surface area contributed by atoms with Crippen molar-refractivity contribution in [1.82, 2.24) is 14.9 Å². The molecule has 1 aliphatic heterocycles. The van der Waals surface area contributed by atoms with Crippen LogP contribution in [0.4, 0.5) is 5.82 Å². The summed E-state index contributed by atoms with van der Waals surface area (Å²) in [6.45, 7) is 5.77. The molecular formula is C28H27N5O2. The Morgan fingerprint density at radius 1 is 1.20 bits per heavy atom. The SMILES string of the molecule is C=Cc1cc(-c2cc(C#N)c(N3CCN(C(=O)c4ccoc4)[C@H](C4CC4)C3)nc2C2CC2)ccn1. The molecule has 1 amide bonds. The lowest BCUT2D eigenvalue weighted by molar-refractivity contribution is 0.0630. The Morgan fingerprint density at radius 2 is 2.06 bits per heavy atom. The third-order valence-electron chi connectivity index (χ3n) is 7.33. The predicted octanol–water partition coefficient (Wildman–Crippen LogP) is 4.87. The monoisotopic (exact) mass is 465 g/mol. The highest BCUT2D eigenvalue weighted by molar-refractivity contribution is 5.94. The zero-order valence-electron chi connectivity index (χ0n) is 19.6. The average molecular weight is 466 g/mol. The summed E-state index contributed by atoms with van der Waals surface area (Å²) in [5.74, 6) is 1.68. The van der Waals surface area contributed by atoms with Crippen molar-refractivity contribution in [2.24, 2.45) is 5.92 Å². The number of aromatic nitrogens is 2. The summed E-state index contributed by atoms with van der Waals surface area (Å²) < 4.78 is 5.15. The van der Waals surface area contributed by atoms with Crippen molar-refractivity contribution >= 4 is 17.8 Å². The van der Waals surface area contributed by atoms with Gasteiger partial charge in [-0.2, -0.15) is 5.26 Å². The van der Waals surface area contributed by atoms with Gasteiger partial charge in [0.05, 0.1) is 34.8 Å². The number of hydrogen-bond donors (Lipinski definition) is 0. The molecule has 3 aromatic heterocycles. The lowest BCUT2D eigenvalue weighted by Gasteiger charge is -2.42. The van der Waals surface area contributed by atoms with Gasteiger partial charge in [0.2, 0.25) is 0 Å². The number of carbonyl (C=O) groups excluding carboxylic acids is 1. The molecule has 6 rings (SSSR count). The van der Waals surface area contributed by atoms with E-state index in [0.717, 1.165) is 54.0 Å². The van der Waals surface area contributed by atoms with Crippen molar-refractivity contribution in [3.05, 3.63) is 72.1 Å². The number of nitriles is 1. The van der Waals surface area contributed by atoms with Crippen LogP contribution in [0.1, 0.15) is 58.9 Å². The standard InChI is InChI=1S/C28H27N5O2/c1-2-23-13-20(7-9-30-23)24-14-22(15-29)27(31-26(24)19-5-6-19)32-10-11-33(25(16-32)18-3-4-18)28(34)21-8-12-35-17-21/h2,7-9,12-14,17-19,25H,1,3-6,10-11,16H2/t25-/m0/s1. The number of piperazine rings is 1. The Bertz CT molecular complexity index is 1320. The summed E-state index contributed by atoms with van der Waals surface area (Å²) in [4.78, 5) is 26.8. The van der Waals surface area contributed by atoms with Gasteiger partial charge in [-0.15, -0.1) is 0 Å². The van der Waals surface area contributed by atoms with Gasteiger partial charge in [0.15, 0.2) is 0 Å². The molecule has 2 saturated carbocycles. The molecule has 4 heterocycles. The van der Waals surface area contributed by atoms with E-state index in [4.69, 9.17) is 9.40 Å². The second-order valence-corrected chi connectivity index (χ2v) is 9.71. The second kappa shape index (κ2) is 8.70. The van der Waals surface area contributed by atoms with Crippen LogP contribution in [0.2, 0.25) is 0 Å². The highest BCUT2D eigenvalue weighted by atomic mass is 16.3. The number of carbonyl (C=O) groups is 1. The number of furan rings is 1. The first kappa shape index (κ1) is 21.6. The van der Waals surface area contributed by atoms with Crippen LogP contribution in [0.15, 0.2) is 54.0 Å². The minimum absolute atomic E-state index is 0.0218. The highest BCUT2D eigenvalue weighted by Gasteiger charge is 2.42. The summed E-state index contributed by atoms with van der Waals surface area (Å²) in [7, 11) is 0. The fourth-order valence-corrected chi connectivity index (χ4v) is 5.16. The summed E-state index contributed by atoms with van der Waals surface area (Å²) in [5, 5.41) is 10.1. The Balaban J connectivity index is 1.34. The fourth-order valence-electron chi connectivity index (χ4n) is 5.16. The van der Waals surface area contributed by atoms with Crippen molar-refractivity contribution in [3.63, 3.8) is 0 Å². The van der Waals surface area contributed by atoms with Gasteiger partial charge in [-0.25, -0.2) is 4.98 Å². The molecular weight excluding hydrogens is 438 g/mol. The highest BCUT2D eigenvalue weighted by Crippen LogP contribution is 2.45. The van der Waals surface area contributed by atoms with Crippen LogP contribution >= 0.6 is 0 Å². The molecule has 2 aliphatic carbocycles. The minimum atomic E-state index is 0.0218. The average Bonchev–Trinajstić information content (AvgIpc) is 3.85. The number of pyridine rings is 2. The van der Waals surface area contributed by atoms with Crippen LogP contribution in [-0.2, 0) is 0 Å². The zero-order valence-corrected chi connectivity index (χ0v) is 19.6. The van der Waals surface area contributed by atoms with Crippen LogP contribution in [0.3, 0.4) is 0 Å². The lowest BCUT2D eigenvalue weighted by atomic mass is 9.98. The van der Waals surface area contributed by atoms with E-state index in [9.17, 15) is 10.1 Å². The van der Waals surface area contributed by atoms with Crippen molar-refractivity contribution in [2.75, 3.05) is 24.5 Å². The van der Waals surface area contributed by atoms with E-state index in [2.05, 4.69) is 22.5 Å². The first-order valence-electron chi connectivity index (χ1n) is 12.3. The number of rotatable bonds is 6. The fraction of sp³-hybridized carbons (Fsp3) is 0.357. The van der Waals surface area contributed by atoms with Crippen LogP contribution in [0, 0.1) is 17.2 Å². The molecule has 7 heteroatoms. The molecule has 0 unspecified atom stereocenters. The maximum atomic E-state index is 13.1. The van der Waals surface area contributed by atoms with E-state index in [0.29, 0.717) is 42.6 Å². The summed E-state index contributed by atoms with van der Waals surface area (Å²) in [5.41, 5.74) is 5.05.